The molecule has 0 heterocycles. The van der Waals surface area contributed by atoms with Crippen LogP contribution < -0.4 is 0 Å². The SMILES string of the molecule is COC(=O)CCC(C#N)(CC(=O)OC)c1ccc(F)c(F)c1. The van der Waals surface area contributed by atoms with Gasteiger partial charge in [-0.05, 0) is 24.1 Å². The van der Waals surface area contributed by atoms with Crippen molar-refractivity contribution in [3.05, 3.63) is 35.4 Å². The van der Waals surface area contributed by atoms with Crippen molar-refractivity contribution in [1.82, 2.24) is 0 Å². The predicted octanol–water partition coefficient (Wildman–Crippen LogP) is 2.24. The zero-order valence-corrected chi connectivity index (χ0v) is 12.2. The van der Waals surface area contributed by atoms with E-state index in [9.17, 15) is 23.6 Å². The second-order valence-corrected chi connectivity index (χ2v) is 4.65. The summed E-state index contributed by atoms with van der Waals surface area (Å²) in [6.07, 6.45) is -0.627. The number of carbonyl (C=O) groups is 2. The standard InChI is InChI=1S/C15H15F2NO4/c1-21-13(19)5-6-15(9-18,8-14(20)22-2)10-3-4-11(16)12(17)7-10/h3-4,7H,5-6,8H2,1-2H3. The van der Waals surface area contributed by atoms with E-state index in [1.54, 1.807) is 0 Å². The summed E-state index contributed by atoms with van der Waals surface area (Å²) in [5, 5.41) is 9.49. The highest BCUT2D eigenvalue weighted by molar-refractivity contribution is 5.73. The highest BCUT2D eigenvalue weighted by Crippen LogP contribution is 2.34. The minimum absolute atomic E-state index is 0.0870. The topological polar surface area (TPSA) is 76.4 Å². The van der Waals surface area contributed by atoms with Crippen LogP contribution in [0.4, 0.5) is 8.78 Å². The first-order valence-electron chi connectivity index (χ1n) is 6.39. The molecule has 1 rings (SSSR count). The van der Waals surface area contributed by atoms with Gasteiger partial charge in [0, 0.05) is 6.42 Å². The number of nitrogens with zero attached hydrogens (tertiary/aromatic N) is 1. The highest BCUT2D eigenvalue weighted by Gasteiger charge is 2.36. The van der Waals surface area contributed by atoms with Crippen LogP contribution in [-0.4, -0.2) is 26.2 Å². The number of rotatable bonds is 6. The van der Waals surface area contributed by atoms with Gasteiger partial charge in [-0.2, -0.15) is 5.26 Å². The minimum atomic E-state index is -1.50. The van der Waals surface area contributed by atoms with E-state index in [1.165, 1.54) is 13.2 Å². The van der Waals surface area contributed by atoms with Crippen LogP contribution in [0.15, 0.2) is 18.2 Å². The predicted molar refractivity (Wildman–Crippen MR) is 71.5 cm³/mol. The Kier molecular flexibility index (Phi) is 5.99. The maximum absolute atomic E-state index is 13.4. The Morgan fingerprint density at radius 3 is 2.32 bits per heavy atom. The second kappa shape index (κ2) is 7.50. The first-order chi connectivity index (χ1) is 10.4. The van der Waals surface area contributed by atoms with Crippen molar-refractivity contribution in [3.63, 3.8) is 0 Å². The van der Waals surface area contributed by atoms with E-state index in [2.05, 4.69) is 9.47 Å². The lowest BCUT2D eigenvalue weighted by Gasteiger charge is -2.25. The molecule has 22 heavy (non-hydrogen) atoms. The molecular formula is C15H15F2NO4. The third kappa shape index (κ3) is 4.01. The minimum Gasteiger partial charge on any atom is -0.469 e. The Labute approximate surface area is 126 Å². The van der Waals surface area contributed by atoms with Crippen molar-refractivity contribution in [2.75, 3.05) is 14.2 Å². The molecule has 0 aliphatic carbocycles. The second-order valence-electron chi connectivity index (χ2n) is 4.65. The molecule has 0 aliphatic rings. The molecule has 1 unspecified atom stereocenters. The number of esters is 2. The Balaban J connectivity index is 3.23. The smallest absolute Gasteiger partial charge is 0.307 e. The van der Waals surface area contributed by atoms with Crippen molar-refractivity contribution >= 4 is 11.9 Å². The summed E-state index contributed by atoms with van der Waals surface area (Å²) >= 11 is 0. The molecule has 0 saturated carbocycles. The van der Waals surface area contributed by atoms with Crippen molar-refractivity contribution < 1.29 is 27.8 Å². The summed E-state index contributed by atoms with van der Waals surface area (Å²) in [6, 6.07) is 4.85. The molecule has 118 valence electrons. The van der Waals surface area contributed by atoms with E-state index in [1.807, 2.05) is 6.07 Å². The Hall–Kier alpha value is -2.49. The quantitative estimate of drug-likeness (QED) is 0.753. The molecule has 0 amide bonds. The van der Waals surface area contributed by atoms with Crippen molar-refractivity contribution in [1.29, 1.82) is 5.26 Å². The van der Waals surface area contributed by atoms with Crippen molar-refractivity contribution in [3.8, 4) is 6.07 Å². The third-order valence-corrected chi connectivity index (χ3v) is 3.34. The number of carbonyl (C=O) groups excluding carboxylic acids is 2. The van der Waals surface area contributed by atoms with Crippen LogP contribution in [0.25, 0.3) is 0 Å². The summed E-state index contributed by atoms with van der Waals surface area (Å²) in [7, 11) is 2.34. The van der Waals surface area contributed by atoms with Gasteiger partial charge in [0.15, 0.2) is 11.6 Å². The number of nitriles is 1. The summed E-state index contributed by atoms with van der Waals surface area (Å²) in [4.78, 5) is 22.9. The van der Waals surface area contributed by atoms with Crippen LogP contribution in [0, 0.1) is 23.0 Å². The molecule has 0 fully saturated rings. The fourth-order valence-corrected chi connectivity index (χ4v) is 2.02. The largest absolute Gasteiger partial charge is 0.469 e. The van der Waals surface area contributed by atoms with Gasteiger partial charge in [0.05, 0.1) is 32.1 Å². The lowest BCUT2D eigenvalue weighted by atomic mass is 9.75. The number of benzene rings is 1. The molecular weight excluding hydrogens is 296 g/mol. The first kappa shape index (κ1) is 17.6. The number of halogens is 2. The molecule has 0 saturated heterocycles. The molecule has 5 nitrogen and oxygen atoms in total. The fraction of sp³-hybridized carbons (Fsp3) is 0.400. The van der Waals surface area contributed by atoms with Gasteiger partial charge in [0.25, 0.3) is 0 Å². The van der Waals surface area contributed by atoms with Gasteiger partial charge in [0.2, 0.25) is 0 Å². The van der Waals surface area contributed by atoms with E-state index in [0.717, 1.165) is 19.2 Å². The Morgan fingerprint density at radius 1 is 1.18 bits per heavy atom. The van der Waals surface area contributed by atoms with E-state index in [-0.39, 0.29) is 24.8 Å². The molecule has 1 aromatic rings. The summed E-state index contributed by atoms with van der Waals surface area (Å²) in [5.74, 6) is -3.48. The van der Waals surface area contributed by atoms with Crippen LogP contribution in [-0.2, 0) is 24.5 Å². The van der Waals surface area contributed by atoms with Crippen LogP contribution in [0.2, 0.25) is 0 Å². The van der Waals surface area contributed by atoms with Crippen LogP contribution in [0.5, 0.6) is 0 Å². The molecule has 1 aromatic carbocycles. The summed E-state index contributed by atoms with van der Waals surface area (Å²) in [5.41, 5.74) is -1.40. The monoisotopic (exact) mass is 311 g/mol. The summed E-state index contributed by atoms with van der Waals surface area (Å²) < 4.78 is 35.5. The van der Waals surface area contributed by atoms with Gasteiger partial charge in [0.1, 0.15) is 0 Å². The number of hydrogen-bond acceptors (Lipinski definition) is 5. The Morgan fingerprint density at radius 2 is 1.82 bits per heavy atom. The maximum Gasteiger partial charge on any atom is 0.307 e. The van der Waals surface area contributed by atoms with Crippen LogP contribution in [0.3, 0.4) is 0 Å². The van der Waals surface area contributed by atoms with Crippen LogP contribution in [0.1, 0.15) is 24.8 Å². The zero-order chi connectivity index (χ0) is 16.8. The lowest BCUT2D eigenvalue weighted by Crippen LogP contribution is -2.29. The van der Waals surface area contributed by atoms with E-state index in [4.69, 9.17) is 0 Å². The molecule has 0 aromatic heterocycles. The van der Waals surface area contributed by atoms with Gasteiger partial charge in [-0.15, -0.1) is 0 Å². The first-order valence-corrected chi connectivity index (χ1v) is 6.39. The molecule has 0 N–H and O–H groups in total. The van der Waals surface area contributed by atoms with Gasteiger partial charge in [-0.25, -0.2) is 8.78 Å². The maximum atomic E-state index is 13.4. The molecule has 0 radical (unpaired) electrons. The molecule has 7 heteroatoms. The van der Waals surface area contributed by atoms with Crippen LogP contribution >= 0.6 is 0 Å². The number of ether oxygens (including phenoxy) is 2. The molecule has 1 atom stereocenters. The number of methoxy groups -OCH3 is 2. The lowest BCUT2D eigenvalue weighted by molar-refractivity contribution is -0.143. The Bertz CT molecular complexity index is 612. The van der Waals surface area contributed by atoms with E-state index in [0.29, 0.717) is 0 Å². The average molecular weight is 311 g/mol. The van der Waals surface area contributed by atoms with E-state index < -0.39 is 29.0 Å². The fourth-order valence-electron chi connectivity index (χ4n) is 2.02. The zero-order valence-electron chi connectivity index (χ0n) is 12.2. The normalized spacial score (nSPS) is 12.9. The molecule has 0 spiro atoms. The number of hydrogen-bond donors (Lipinski definition) is 0. The van der Waals surface area contributed by atoms with Gasteiger partial charge in [-0.1, -0.05) is 6.07 Å². The molecule has 0 bridgehead atoms. The van der Waals surface area contributed by atoms with Gasteiger partial charge < -0.3 is 9.47 Å². The van der Waals surface area contributed by atoms with Gasteiger partial charge >= 0.3 is 11.9 Å². The van der Waals surface area contributed by atoms with Gasteiger partial charge in [-0.3, -0.25) is 9.59 Å². The summed E-state index contributed by atoms with van der Waals surface area (Å²) in [6.45, 7) is 0. The van der Waals surface area contributed by atoms with Crippen molar-refractivity contribution in [2.24, 2.45) is 0 Å². The third-order valence-electron chi connectivity index (χ3n) is 3.34. The average Bonchev–Trinajstić information content (AvgIpc) is 2.53. The molecule has 0 aliphatic heterocycles. The highest BCUT2D eigenvalue weighted by atomic mass is 19.2. The van der Waals surface area contributed by atoms with Crippen molar-refractivity contribution in [2.45, 2.75) is 24.7 Å². The van der Waals surface area contributed by atoms with E-state index >= 15 is 0 Å².